The molecule has 1 unspecified atom stereocenters. The van der Waals surface area contributed by atoms with Crippen LogP contribution >= 0.6 is 22.6 Å². The van der Waals surface area contributed by atoms with Crippen LogP contribution in [0.2, 0.25) is 0 Å². The summed E-state index contributed by atoms with van der Waals surface area (Å²) in [6.45, 7) is 1.06. The molecule has 2 aliphatic rings. The van der Waals surface area contributed by atoms with E-state index in [1.807, 2.05) is 0 Å². The molecule has 0 radical (unpaired) electrons. The van der Waals surface area contributed by atoms with Gasteiger partial charge in [-0.05, 0) is 32.1 Å². The van der Waals surface area contributed by atoms with E-state index in [1.54, 1.807) is 0 Å². The fraction of sp³-hybridized carbons (Fsp3) is 1.00. The van der Waals surface area contributed by atoms with Crippen LogP contribution in [0.3, 0.4) is 0 Å². The highest BCUT2D eigenvalue weighted by Gasteiger charge is 2.36. The van der Waals surface area contributed by atoms with E-state index in [0.29, 0.717) is 16.1 Å². The molecule has 1 saturated heterocycles. The van der Waals surface area contributed by atoms with E-state index in [-0.39, 0.29) is 6.10 Å². The Hall–Kier alpha value is 0.610. The Kier molecular flexibility index (Phi) is 3.68. The van der Waals surface area contributed by atoms with E-state index in [9.17, 15) is 5.11 Å². The number of nitrogens with zero attached hydrogens (tertiary/aromatic N) is 1. The van der Waals surface area contributed by atoms with Crippen molar-refractivity contribution in [2.75, 3.05) is 6.54 Å². The monoisotopic (exact) mass is 310 g/mol. The van der Waals surface area contributed by atoms with Crippen LogP contribution in [-0.4, -0.2) is 38.8 Å². The summed E-state index contributed by atoms with van der Waals surface area (Å²) in [7, 11) is 0. The van der Waals surface area contributed by atoms with Crippen molar-refractivity contribution in [2.24, 2.45) is 5.73 Å². The van der Waals surface area contributed by atoms with E-state index >= 15 is 0 Å². The van der Waals surface area contributed by atoms with Gasteiger partial charge in [-0.1, -0.05) is 22.6 Å². The number of aliphatic hydroxyl groups excluding tert-OH is 1. The number of aliphatic hydroxyl groups is 1. The molecule has 0 amide bonds. The molecule has 0 spiro atoms. The Morgan fingerprint density at radius 1 is 1.14 bits per heavy atom. The summed E-state index contributed by atoms with van der Waals surface area (Å²) in [6.07, 6.45) is 5.56. The molecule has 2 rings (SSSR count). The van der Waals surface area contributed by atoms with Crippen LogP contribution in [0.4, 0.5) is 0 Å². The molecule has 1 aliphatic heterocycles. The molecule has 0 bridgehead atoms. The molecule has 3 nitrogen and oxygen atoms in total. The molecular weight excluding hydrogens is 291 g/mol. The van der Waals surface area contributed by atoms with Crippen molar-refractivity contribution in [1.82, 2.24) is 4.90 Å². The molecule has 4 heteroatoms. The Morgan fingerprint density at radius 3 is 2.29 bits per heavy atom. The molecular formula is C10H19IN2O. The maximum absolute atomic E-state index is 9.68. The summed E-state index contributed by atoms with van der Waals surface area (Å²) in [4.78, 5) is 2.47. The highest BCUT2D eigenvalue weighted by molar-refractivity contribution is 14.1. The fourth-order valence-electron chi connectivity index (χ4n) is 2.58. The minimum Gasteiger partial charge on any atom is -0.391 e. The zero-order valence-electron chi connectivity index (χ0n) is 8.40. The molecule has 2 atom stereocenters. The van der Waals surface area contributed by atoms with E-state index < -0.39 is 0 Å². The van der Waals surface area contributed by atoms with Crippen molar-refractivity contribution in [1.29, 1.82) is 0 Å². The third-order valence-corrected chi connectivity index (χ3v) is 5.07. The quantitative estimate of drug-likeness (QED) is 0.433. The van der Waals surface area contributed by atoms with E-state index in [2.05, 4.69) is 27.5 Å². The summed E-state index contributed by atoms with van der Waals surface area (Å²) in [5.41, 5.74) is 5.89. The van der Waals surface area contributed by atoms with Crippen LogP contribution in [0.5, 0.6) is 0 Å². The first-order valence-corrected chi connectivity index (χ1v) is 6.76. The Morgan fingerprint density at radius 2 is 1.79 bits per heavy atom. The third-order valence-electron chi connectivity index (χ3n) is 3.53. The molecule has 0 aromatic rings. The molecule has 1 saturated carbocycles. The van der Waals surface area contributed by atoms with Gasteiger partial charge < -0.3 is 10.8 Å². The standard InChI is InChI=1S/C10H19IN2O/c11-10-9(14)5-6-13(10)8-3-1-7(12)2-4-8/h7-10,14H,1-6,12H2/t7?,8?,9-,10?/m0/s1. The lowest BCUT2D eigenvalue weighted by molar-refractivity contribution is 0.129. The van der Waals surface area contributed by atoms with Gasteiger partial charge in [0.2, 0.25) is 0 Å². The second-order valence-electron chi connectivity index (χ2n) is 4.54. The number of rotatable bonds is 1. The number of halogens is 1. The van der Waals surface area contributed by atoms with Gasteiger partial charge in [0.25, 0.3) is 0 Å². The van der Waals surface area contributed by atoms with Crippen molar-refractivity contribution in [3.63, 3.8) is 0 Å². The predicted octanol–water partition coefficient (Wildman–Crippen LogP) is 1.08. The van der Waals surface area contributed by atoms with Gasteiger partial charge in [0.1, 0.15) is 0 Å². The Balaban J connectivity index is 1.89. The Labute approximate surface area is 99.2 Å². The molecule has 0 aromatic heterocycles. The van der Waals surface area contributed by atoms with E-state index in [1.165, 1.54) is 12.8 Å². The zero-order valence-corrected chi connectivity index (χ0v) is 10.6. The highest BCUT2D eigenvalue weighted by atomic mass is 127. The predicted molar refractivity (Wildman–Crippen MR) is 65.4 cm³/mol. The topological polar surface area (TPSA) is 49.5 Å². The first-order valence-electron chi connectivity index (χ1n) is 5.52. The average Bonchev–Trinajstić information content (AvgIpc) is 2.50. The van der Waals surface area contributed by atoms with Gasteiger partial charge in [-0.3, -0.25) is 4.90 Å². The molecule has 1 aliphatic carbocycles. The van der Waals surface area contributed by atoms with Crippen LogP contribution in [0, 0.1) is 0 Å². The second kappa shape index (κ2) is 4.63. The molecule has 1 heterocycles. The van der Waals surface area contributed by atoms with Gasteiger partial charge in [-0.2, -0.15) is 0 Å². The molecule has 3 N–H and O–H groups in total. The summed E-state index contributed by atoms with van der Waals surface area (Å²) < 4.78 is 0.326. The second-order valence-corrected chi connectivity index (χ2v) is 5.81. The summed E-state index contributed by atoms with van der Waals surface area (Å²) >= 11 is 2.37. The lowest BCUT2D eigenvalue weighted by atomic mass is 9.91. The van der Waals surface area contributed by atoms with Crippen LogP contribution < -0.4 is 5.73 Å². The van der Waals surface area contributed by atoms with Gasteiger partial charge in [0.05, 0.1) is 10.2 Å². The normalized spacial score (nSPS) is 45.6. The minimum atomic E-state index is -0.119. The molecule has 2 fully saturated rings. The smallest absolute Gasteiger partial charge is 0.0884 e. The molecule has 82 valence electrons. The van der Waals surface area contributed by atoms with Crippen molar-refractivity contribution in [3.8, 4) is 0 Å². The number of hydrogen-bond donors (Lipinski definition) is 2. The number of alkyl halides is 1. The van der Waals surface area contributed by atoms with Gasteiger partial charge in [-0.25, -0.2) is 0 Å². The van der Waals surface area contributed by atoms with Crippen molar-refractivity contribution >= 4 is 22.6 Å². The van der Waals surface area contributed by atoms with Crippen molar-refractivity contribution in [2.45, 2.75) is 54.3 Å². The van der Waals surface area contributed by atoms with Crippen LogP contribution in [0.1, 0.15) is 32.1 Å². The third kappa shape index (κ3) is 2.23. The number of hydrogen-bond acceptors (Lipinski definition) is 3. The molecule has 14 heavy (non-hydrogen) atoms. The first-order chi connectivity index (χ1) is 6.68. The van der Waals surface area contributed by atoms with Gasteiger partial charge in [0.15, 0.2) is 0 Å². The van der Waals surface area contributed by atoms with Gasteiger partial charge in [-0.15, -0.1) is 0 Å². The number of nitrogens with two attached hydrogens (primary N) is 1. The summed E-state index contributed by atoms with van der Waals surface area (Å²) in [6, 6.07) is 1.10. The maximum Gasteiger partial charge on any atom is 0.0884 e. The SMILES string of the molecule is NC1CCC(N2CC[C@H](O)C2I)CC1. The lowest BCUT2D eigenvalue weighted by Gasteiger charge is -2.35. The maximum atomic E-state index is 9.68. The lowest BCUT2D eigenvalue weighted by Crippen LogP contribution is -2.43. The van der Waals surface area contributed by atoms with Crippen molar-refractivity contribution < 1.29 is 5.11 Å². The van der Waals surface area contributed by atoms with Crippen LogP contribution in [-0.2, 0) is 0 Å². The van der Waals surface area contributed by atoms with Crippen LogP contribution in [0.25, 0.3) is 0 Å². The Bertz CT molecular complexity index is 195. The molecule has 0 aromatic carbocycles. The van der Waals surface area contributed by atoms with Gasteiger partial charge >= 0.3 is 0 Å². The average molecular weight is 310 g/mol. The summed E-state index contributed by atoms with van der Waals surface area (Å²) in [5.74, 6) is 0. The number of likely N-dealkylation sites (tertiary alicyclic amines) is 1. The zero-order chi connectivity index (χ0) is 10.1. The van der Waals surface area contributed by atoms with Crippen molar-refractivity contribution in [3.05, 3.63) is 0 Å². The largest absolute Gasteiger partial charge is 0.391 e. The van der Waals surface area contributed by atoms with Gasteiger partial charge in [0, 0.05) is 18.6 Å². The highest BCUT2D eigenvalue weighted by Crippen LogP contribution is 2.31. The van der Waals surface area contributed by atoms with E-state index in [0.717, 1.165) is 25.8 Å². The minimum absolute atomic E-state index is 0.119. The van der Waals surface area contributed by atoms with E-state index in [4.69, 9.17) is 5.73 Å². The first kappa shape index (κ1) is 11.1. The van der Waals surface area contributed by atoms with Crippen LogP contribution in [0.15, 0.2) is 0 Å². The summed E-state index contributed by atoms with van der Waals surface area (Å²) in [5, 5.41) is 9.68. The fourth-order valence-corrected chi connectivity index (χ4v) is 3.67.